The van der Waals surface area contributed by atoms with Gasteiger partial charge in [-0.15, -0.1) is 0 Å². The van der Waals surface area contributed by atoms with Crippen LogP contribution in [0, 0.1) is 0 Å². The zero-order chi connectivity index (χ0) is 13.0. The van der Waals surface area contributed by atoms with Crippen LogP contribution in [-0.4, -0.2) is 48.8 Å². The highest BCUT2D eigenvalue weighted by Crippen LogP contribution is 2.19. The fourth-order valence-corrected chi connectivity index (χ4v) is 1.85. The molecule has 100 valence electrons. The van der Waals surface area contributed by atoms with Gasteiger partial charge in [-0.3, -0.25) is 0 Å². The summed E-state index contributed by atoms with van der Waals surface area (Å²) in [6.45, 7) is 0.652. The van der Waals surface area contributed by atoms with Crippen molar-refractivity contribution in [2.45, 2.75) is 24.7 Å². The largest absolute Gasteiger partial charge is 0.497 e. The highest BCUT2D eigenvalue weighted by atomic mass is 16.5. The number of hydrogen-bond acceptors (Lipinski definition) is 5. The molecule has 0 spiro atoms. The summed E-state index contributed by atoms with van der Waals surface area (Å²) in [6, 6.07) is 7.15. The van der Waals surface area contributed by atoms with Gasteiger partial charge in [0.15, 0.2) is 0 Å². The van der Waals surface area contributed by atoms with E-state index in [9.17, 15) is 10.2 Å². The molecule has 0 aromatic heterocycles. The van der Waals surface area contributed by atoms with Gasteiger partial charge in [-0.1, -0.05) is 0 Å². The average molecular weight is 254 g/mol. The van der Waals surface area contributed by atoms with E-state index < -0.39 is 18.3 Å². The Hall–Kier alpha value is -1.30. The second kappa shape index (κ2) is 6.04. The molecule has 5 heteroatoms. The van der Waals surface area contributed by atoms with E-state index in [-0.39, 0.29) is 6.61 Å². The molecule has 0 bridgehead atoms. The van der Waals surface area contributed by atoms with E-state index in [0.29, 0.717) is 18.8 Å². The van der Waals surface area contributed by atoms with Crippen molar-refractivity contribution in [3.63, 3.8) is 0 Å². The summed E-state index contributed by atoms with van der Waals surface area (Å²) in [7, 11) is 1.60. The molecule has 1 saturated heterocycles. The van der Waals surface area contributed by atoms with Crippen LogP contribution in [0.25, 0.3) is 0 Å². The summed E-state index contributed by atoms with van der Waals surface area (Å²) in [4.78, 5) is 0. The molecular formula is C13H18O5. The van der Waals surface area contributed by atoms with E-state index in [1.165, 1.54) is 0 Å². The Kier molecular flexibility index (Phi) is 4.41. The number of rotatable bonds is 4. The van der Waals surface area contributed by atoms with Crippen molar-refractivity contribution in [1.82, 2.24) is 0 Å². The second-order valence-corrected chi connectivity index (χ2v) is 4.24. The predicted molar refractivity (Wildman–Crippen MR) is 64.9 cm³/mol. The number of methoxy groups -OCH3 is 1. The monoisotopic (exact) mass is 254 g/mol. The van der Waals surface area contributed by atoms with Crippen LogP contribution >= 0.6 is 0 Å². The highest BCUT2D eigenvalue weighted by Gasteiger charge is 2.31. The Labute approximate surface area is 106 Å². The standard InChI is InChI=1S/C13H18O5/c1-16-9-2-4-10(5-3-9)18-8-12-13(15)11(14)6-7-17-12/h2-5,11-15H,6-8H2,1H3. The molecule has 1 heterocycles. The summed E-state index contributed by atoms with van der Waals surface area (Å²) in [5.41, 5.74) is 0. The van der Waals surface area contributed by atoms with Gasteiger partial charge in [0.05, 0.1) is 13.2 Å². The Morgan fingerprint density at radius 2 is 1.89 bits per heavy atom. The lowest BCUT2D eigenvalue weighted by molar-refractivity contribution is -0.144. The molecule has 1 aromatic rings. The van der Waals surface area contributed by atoms with Gasteiger partial charge in [-0.05, 0) is 30.7 Å². The smallest absolute Gasteiger partial charge is 0.120 e. The van der Waals surface area contributed by atoms with Gasteiger partial charge in [0, 0.05) is 6.61 Å². The summed E-state index contributed by atoms with van der Waals surface area (Å²) >= 11 is 0. The molecule has 2 N–H and O–H groups in total. The zero-order valence-corrected chi connectivity index (χ0v) is 10.3. The van der Waals surface area contributed by atoms with Gasteiger partial charge >= 0.3 is 0 Å². The normalized spacial score (nSPS) is 27.8. The van der Waals surface area contributed by atoms with Crippen molar-refractivity contribution < 1.29 is 24.4 Å². The SMILES string of the molecule is COc1ccc(OCC2OCCC(O)C2O)cc1. The number of ether oxygens (including phenoxy) is 3. The lowest BCUT2D eigenvalue weighted by Gasteiger charge is -2.31. The molecule has 0 amide bonds. The summed E-state index contributed by atoms with van der Waals surface area (Å²) in [5, 5.41) is 19.2. The van der Waals surface area contributed by atoms with E-state index in [0.717, 1.165) is 5.75 Å². The highest BCUT2D eigenvalue weighted by molar-refractivity contribution is 5.31. The predicted octanol–water partition coefficient (Wildman–Crippen LogP) is 0.585. The fraction of sp³-hybridized carbons (Fsp3) is 0.538. The number of benzene rings is 1. The lowest BCUT2D eigenvalue weighted by atomic mass is 10.0. The molecule has 1 aliphatic rings. The van der Waals surface area contributed by atoms with Gasteiger partial charge in [0.2, 0.25) is 0 Å². The lowest BCUT2D eigenvalue weighted by Crippen LogP contribution is -2.47. The van der Waals surface area contributed by atoms with Gasteiger partial charge in [0.1, 0.15) is 30.3 Å². The fourth-order valence-electron chi connectivity index (χ4n) is 1.85. The van der Waals surface area contributed by atoms with Crippen molar-refractivity contribution >= 4 is 0 Å². The second-order valence-electron chi connectivity index (χ2n) is 4.24. The molecule has 3 unspecified atom stereocenters. The van der Waals surface area contributed by atoms with Crippen LogP contribution in [0.1, 0.15) is 6.42 Å². The minimum Gasteiger partial charge on any atom is -0.497 e. The van der Waals surface area contributed by atoms with Crippen molar-refractivity contribution in [1.29, 1.82) is 0 Å². The molecule has 1 aliphatic heterocycles. The number of aliphatic hydroxyl groups excluding tert-OH is 2. The van der Waals surface area contributed by atoms with Crippen LogP contribution in [0.2, 0.25) is 0 Å². The van der Waals surface area contributed by atoms with E-state index in [2.05, 4.69) is 0 Å². The van der Waals surface area contributed by atoms with Crippen LogP contribution in [0.5, 0.6) is 11.5 Å². The molecule has 1 fully saturated rings. The first kappa shape index (κ1) is 13.1. The molecule has 3 atom stereocenters. The molecule has 0 saturated carbocycles. The van der Waals surface area contributed by atoms with Gasteiger partial charge < -0.3 is 24.4 Å². The van der Waals surface area contributed by atoms with Crippen LogP contribution in [0.15, 0.2) is 24.3 Å². The first-order valence-corrected chi connectivity index (χ1v) is 5.95. The van der Waals surface area contributed by atoms with Gasteiger partial charge in [0.25, 0.3) is 0 Å². The quantitative estimate of drug-likeness (QED) is 0.823. The van der Waals surface area contributed by atoms with Crippen LogP contribution in [-0.2, 0) is 4.74 Å². The third-order valence-corrected chi connectivity index (χ3v) is 2.99. The van der Waals surface area contributed by atoms with Crippen molar-refractivity contribution in [3.05, 3.63) is 24.3 Å². The summed E-state index contributed by atoms with van der Waals surface area (Å²) in [6.07, 6.45) is -1.66. The van der Waals surface area contributed by atoms with E-state index >= 15 is 0 Å². The maximum Gasteiger partial charge on any atom is 0.120 e. The first-order chi connectivity index (χ1) is 8.70. The van der Waals surface area contributed by atoms with E-state index in [1.807, 2.05) is 0 Å². The zero-order valence-electron chi connectivity index (χ0n) is 10.3. The van der Waals surface area contributed by atoms with Gasteiger partial charge in [-0.2, -0.15) is 0 Å². The van der Waals surface area contributed by atoms with Crippen LogP contribution in [0.3, 0.4) is 0 Å². The Balaban J connectivity index is 1.86. The Morgan fingerprint density at radius 1 is 1.22 bits per heavy atom. The average Bonchev–Trinajstić information content (AvgIpc) is 2.41. The maximum atomic E-state index is 9.72. The van der Waals surface area contributed by atoms with Crippen LogP contribution in [0.4, 0.5) is 0 Å². The molecule has 18 heavy (non-hydrogen) atoms. The van der Waals surface area contributed by atoms with Crippen molar-refractivity contribution in [2.75, 3.05) is 20.3 Å². The molecule has 5 nitrogen and oxygen atoms in total. The van der Waals surface area contributed by atoms with E-state index in [1.54, 1.807) is 31.4 Å². The minimum absolute atomic E-state index is 0.213. The van der Waals surface area contributed by atoms with Crippen LogP contribution < -0.4 is 9.47 Å². The Bertz CT molecular complexity index is 364. The summed E-state index contributed by atoms with van der Waals surface area (Å²) < 4.78 is 15.9. The maximum absolute atomic E-state index is 9.72. The molecular weight excluding hydrogens is 236 g/mol. The molecule has 2 rings (SSSR count). The molecule has 0 aliphatic carbocycles. The third-order valence-electron chi connectivity index (χ3n) is 2.99. The Morgan fingerprint density at radius 3 is 2.56 bits per heavy atom. The number of hydrogen-bond donors (Lipinski definition) is 2. The molecule has 0 radical (unpaired) electrons. The first-order valence-electron chi connectivity index (χ1n) is 5.95. The summed E-state index contributed by atoms with van der Waals surface area (Å²) in [5.74, 6) is 1.43. The van der Waals surface area contributed by atoms with Gasteiger partial charge in [-0.25, -0.2) is 0 Å². The third kappa shape index (κ3) is 3.13. The van der Waals surface area contributed by atoms with Crippen molar-refractivity contribution in [3.8, 4) is 11.5 Å². The minimum atomic E-state index is -0.892. The van der Waals surface area contributed by atoms with E-state index in [4.69, 9.17) is 14.2 Å². The van der Waals surface area contributed by atoms with Crippen molar-refractivity contribution in [2.24, 2.45) is 0 Å². The number of aliphatic hydroxyl groups is 2. The topological polar surface area (TPSA) is 68.2 Å². The molecule has 1 aromatic carbocycles.